The molecule has 3 rings (SSSR count). The van der Waals surface area contributed by atoms with Crippen LogP contribution in [0.15, 0.2) is 109 Å². The highest BCUT2D eigenvalue weighted by molar-refractivity contribution is 5.76. The van der Waals surface area contributed by atoms with Gasteiger partial charge in [0, 0.05) is 6.42 Å². The van der Waals surface area contributed by atoms with Gasteiger partial charge in [0.05, 0.1) is 38.6 Å². The molecule has 3 fully saturated rings. The SMILES string of the molecule is CC/C=C\C/C=C\C/C=C\C/C=C\C/C=C\C/C=C\C/C=C\C/C=C\C/C=C\CCCCCCCCCCCC(=O)NC(COC1OC(CO)C(OC2OC(CO)C(OC3OC(CO)C(O)C(O)C3O)C(O)C2O)C(O)C1O)C(O)CCCCCCCCCCCCCCCCCCCCCCCCCCCC. The molecule has 0 spiro atoms. The number of nitrogens with one attached hydrogen (secondary N) is 1. The Balaban J connectivity index is 1.35. The topological polar surface area (TPSA) is 307 Å². The summed E-state index contributed by atoms with van der Waals surface area (Å²) in [7, 11) is 0. The lowest BCUT2D eigenvalue weighted by Crippen LogP contribution is -2.66. The predicted octanol–water partition coefficient (Wildman–Crippen LogP) is 15.7. The molecular weight excluding hydrogens is 1370 g/mol. The number of carbonyl (C=O) groups is 1. The summed E-state index contributed by atoms with van der Waals surface area (Å²) in [5.74, 6) is -0.250. The minimum absolute atomic E-state index is 0.250. The summed E-state index contributed by atoms with van der Waals surface area (Å²) in [4.78, 5) is 13.5. The van der Waals surface area contributed by atoms with Crippen LogP contribution >= 0.6 is 0 Å². The first-order valence-electron chi connectivity index (χ1n) is 43.1. The van der Waals surface area contributed by atoms with Crippen molar-refractivity contribution >= 4 is 5.91 Å². The molecule has 3 heterocycles. The van der Waals surface area contributed by atoms with E-state index >= 15 is 0 Å². The van der Waals surface area contributed by atoms with Gasteiger partial charge in [-0.3, -0.25) is 4.79 Å². The fourth-order valence-electron chi connectivity index (χ4n) is 14.0. The van der Waals surface area contributed by atoms with Crippen LogP contribution in [0.1, 0.15) is 316 Å². The monoisotopic (exact) mass is 1530 g/mol. The van der Waals surface area contributed by atoms with E-state index < -0.39 is 124 Å². The molecule has 624 valence electrons. The molecule has 3 aliphatic rings. The number of hydrogen-bond donors (Lipinski definition) is 12. The van der Waals surface area contributed by atoms with Crippen LogP contribution in [-0.4, -0.2) is 193 Å². The quantitative estimate of drug-likeness (QED) is 0.0199. The summed E-state index contributed by atoms with van der Waals surface area (Å²) >= 11 is 0. The molecular formula is C89H155NO18. The second-order valence-corrected chi connectivity index (χ2v) is 30.3. The van der Waals surface area contributed by atoms with Gasteiger partial charge >= 0.3 is 0 Å². The Labute approximate surface area is 653 Å². The molecule has 108 heavy (non-hydrogen) atoms. The lowest BCUT2D eigenvalue weighted by molar-refractivity contribution is -0.379. The van der Waals surface area contributed by atoms with E-state index in [4.69, 9.17) is 28.4 Å². The van der Waals surface area contributed by atoms with E-state index in [0.29, 0.717) is 12.8 Å². The van der Waals surface area contributed by atoms with Gasteiger partial charge < -0.3 is 89.9 Å². The van der Waals surface area contributed by atoms with Gasteiger partial charge in [-0.2, -0.15) is 0 Å². The van der Waals surface area contributed by atoms with Crippen molar-refractivity contribution in [3.05, 3.63) is 109 Å². The largest absolute Gasteiger partial charge is 0.394 e. The number of carbonyl (C=O) groups excluding carboxylic acids is 1. The molecule has 3 saturated heterocycles. The molecule has 0 bridgehead atoms. The maximum Gasteiger partial charge on any atom is 0.220 e. The van der Waals surface area contributed by atoms with E-state index in [9.17, 15) is 61.0 Å². The van der Waals surface area contributed by atoms with Crippen molar-refractivity contribution in [2.75, 3.05) is 26.4 Å². The molecule has 19 nitrogen and oxygen atoms in total. The first-order valence-corrected chi connectivity index (χ1v) is 43.1. The zero-order chi connectivity index (χ0) is 78.1. The Hall–Kier alpha value is -3.55. The summed E-state index contributed by atoms with van der Waals surface area (Å²) < 4.78 is 34.6. The van der Waals surface area contributed by atoms with Crippen LogP contribution in [0.5, 0.6) is 0 Å². The van der Waals surface area contributed by atoms with E-state index in [1.807, 2.05) is 0 Å². The normalized spacial score (nSPS) is 26.0. The van der Waals surface area contributed by atoms with Gasteiger partial charge in [-0.05, 0) is 83.5 Å². The zero-order valence-electron chi connectivity index (χ0n) is 67.0. The van der Waals surface area contributed by atoms with Crippen LogP contribution in [0.4, 0.5) is 0 Å². The van der Waals surface area contributed by atoms with E-state index in [0.717, 1.165) is 116 Å². The van der Waals surface area contributed by atoms with Crippen molar-refractivity contribution in [3.63, 3.8) is 0 Å². The molecule has 0 aromatic heterocycles. The van der Waals surface area contributed by atoms with Crippen LogP contribution in [-0.2, 0) is 33.2 Å². The third kappa shape index (κ3) is 46.6. The van der Waals surface area contributed by atoms with Crippen LogP contribution in [0.3, 0.4) is 0 Å². The van der Waals surface area contributed by atoms with Crippen molar-refractivity contribution in [2.24, 2.45) is 0 Å². The van der Waals surface area contributed by atoms with E-state index in [1.54, 1.807) is 0 Å². The first kappa shape index (κ1) is 98.6. The van der Waals surface area contributed by atoms with E-state index in [1.165, 1.54) is 167 Å². The molecule has 12 N–H and O–H groups in total. The average Bonchev–Trinajstić information content (AvgIpc) is 0.779. The minimum atomic E-state index is -1.98. The lowest BCUT2D eigenvalue weighted by Gasteiger charge is -2.48. The summed E-state index contributed by atoms with van der Waals surface area (Å²) in [6.45, 7) is 1.71. The number of unbranched alkanes of at least 4 members (excludes halogenated alkanes) is 34. The zero-order valence-corrected chi connectivity index (χ0v) is 67.0. The maximum atomic E-state index is 13.5. The second kappa shape index (κ2) is 67.9. The summed E-state index contributed by atoms with van der Waals surface area (Å²) in [6.07, 6.45) is 67.4. The molecule has 0 aromatic rings. The smallest absolute Gasteiger partial charge is 0.220 e. The highest BCUT2D eigenvalue weighted by Crippen LogP contribution is 2.33. The third-order valence-corrected chi connectivity index (χ3v) is 20.9. The Kier molecular flexibility index (Phi) is 62.0. The average molecular weight is 1530 g/mol. The van der Waals surface area contributed by atoms with Gasteiger partial charge in [0.25, 0.3) is 0 Å². The number of allylic oxidation sites excluding steroid dienone is 18. The molecule has 3 aliphatic heterocycles. The Morgan fingerprint density at radius 1 is 0.343 bits per heavy atom. The van der Waals surface area contributed by atoms with Crippen molar-refractivity contribution in [3.8, 4) is 0 Å². The highest BCUT2D eigenvalue weighted by atomic mass is 16.8. The standard InChI is InChI=1S/C89H155NO18/c1-3-5-7-9-11-13-15-17-19-21-23-25-27-29-31-32-33-34-35-36-37-38-39-40-41-43-45-47-49-51-53-55-57-59-61-63-65-67-77(95)90-72(73(94)66-64-62-60-58-56-54-52-50-48-46-44-42-30-28-26-24-22-20-18-16-14-12-10-8-6-4-2)71-103-87-83(101)80(98)85(75(69-92)105-87)108-89-84(102)81(99)86(76(70-93)106-89)107-88-82(100)79(97)78(96)74(68-91)104-88/h5,7,11,13,17,19,23,25,29,31,33-34,36-37,39-40,43,45,72-76,78-89,91-94,96-102H,3-4,6,8-10,12,14-16,18,20-22,24,26-28,30,32,35,38,41-42,44,46-71H2,1-2H3,(H,90,95)/b7-5-,13-11-,19-17-,25-23-,31-29-,34-33-,37-36-,40-39-,45-43-. The first-order chi connectivity index (χ1) is 52.8. The second-order valence-electron chi connectivity index (χ2n) is 30.3. The molecule has 1 amide bonds. The summed E-state index contributed by atoms with van der Waals surface area (Å²) in [5.41, 5.74) is 0. The van der Waals surface area contributed by atoms with E-state index in [2.05, 4.69) is 129 Å². The van der Waals surface area contributed by atoms with Gasteiger partial charge in [0.1, 0.15) is 73.2 Å². The van der Waals surface area contributed by atoms with Gasteiger partial charge in [-0.1, -0.05) is 335 Å². The van der Waals surface area contributed by atoms with Crippen LogP contribution in [0.25, 0.3) is 0 Å². The Morgan fingerprint density at radius 2 is 0.639 bits per heavy atom. The molecule has 17 atom stereocenters. The minimum Gasteiger partial charge on any atom is -0.394 e. The van der Waals surface area contributed by atoms with Crippen molar-refractivity contribution in [1.29, 1.82) is 0 Å². The maximum absolute atomic E-state index is 13.5. The number of aliphatic hydroxyl groups excluding tert-OH is 11. The molecule has 0 radical (unpaired) electrons. The Morgan fingerprint density at radius 3 is 1.00 bits per heavy atom. The molecule has 0 aromatic carbocycles. The van der Waals surface area contributed by atoms with Gasteiger partial charge in [-0.25, -0.2) is 0 Å². The van der Waals surface area contributed by atoms with Crippen LogP contribution in [0, 0.1) is 0 Å². The Bertz CT molecular complexity index is 2380. The van der Waals surface area contributed by atoms with Crippen LogP contribution in [0.2, 0.25) is 0 Å². The number of ether oxygens (including phenoxy) is 6. The molecule has 19 heteroatoms. The highest BCUT2D eigenvalue weighted by Gasteiger charge is 2.54. The number of aliphatic hydroxyl groups is 11. The fraction of sp³-hybridized carbons (Fsp3) is 0.787. The van der Waals surface area contributed by atoms with E-state index in [-0.39, 0.29) is 18.9 Å². The predicted molar refractivity (Wildman–Crippen MR) is 434 cm³/mol. The summed E-state index contributed by atoms with van der Waals surface area (Å²) in [5, 5.41) is 121. The van der Waals surface area contributed by atoms with Crippen molar-refractivity contribution < 1.29 is 89.4 Å². The number of rotatable bonds is 68. The third-order valence-electron chi connectivity index (χ3n) is 20.9. The molecule has 0 aliphatic carbocycles. The van der Waals surface area contributed by atoms with Crippen LogP contribution < -0.4 is 5.32 Å². The van der Waals surface area contributed by atoms with Crippen molar-refractivity contribution in [1.82, 2.24) is 5.32 Å². The number of hydrogen-bond acceptors (Lipinski definition) is 18. The van der Waals surface area contributed by atoms with Gasteiger partial charge in [0.15, 0.2) is 18.9 Å². The summed E-state index contributed by atoms with van der Waals surface area (Å²) in [6, 6.07) is -0.900. The fourth-order valence-corrected chi connectivity index (χ4v) is 14.0. The molecule has 0 saturated carbocycles. The van der Waals surface area contributed by atoms with Gasteiger partial charge in [-0.15, -0.1) is 0 Å². The number of amides is 1. The lowest BCUT2D eigenvalue weighted by atomic mass is 9.96. The van der Waals surface area contributed by atoms with Crippen molar-refractivity contribution in [2.45, 2.75) is 420 Å². The molecule has 17 unspecified atom stereocenters. The van der Waals surface area contributed by atoms with Gasteiger partial charge in [0.2, 0.25) is 5.91 Å².